The molecule has 0 bridgehead atoms. The summed E-state index contributed by atoms with van der Waals surface area (Å²) in [7, 11) is 0. The zero-order valence-corrected chi connectivity index (χ0v) is 16.4. The van der Waals surface area contributed by atoms with E-state index in [2.05, 4.69) is 40.6 Å². The molecule has 0 saturated carbocycles. The van der Waals surface area contributed by atoms with Crippen molar-refractivity contribution in [2.75, 3.05) is 13.1 Å². The lowest BCUT2D eigenvalue weighted by Crippen LogP contribution is -2.29. The van der Waals surface area contributed by atoms with Crippen molar-refractivity contribution >= 4 is 17.2 Å². The van der Waals surface area contributed by atoms with E-state index in [1.165, 1.54) is 16.0 Å². The number of aryl methyl sites for hydroxylation is 3. The van der Waals surface area contributed by atoms with Gasteiger partial charge in [0.05, 0.1) is 5.92 Å². The Morgan fingerprint density at radius 2 is 1.96 bits per heavy atom. The molecule has 2 aromatic heterocycles. The van der Waals surface area contributed by atoms with E-state index in [1.807, 2.05) is 30.0 Å². The maximum Gasteiger partial charge on any atom is 0.232 e. The second-order valence-corrected chi connectivity index (χ2v) is 8.13. The van der Waals surface area contributed by atoms with E-state index in [1.54, 1.807) is 11.3 Å². The summed E-state index contributed by atoms with van der Waals surface area (Å²) in [6.07, 6.45) is 1.34. The fourth-order valence-corrected chi connectivity index (χ4v) is 4.71. The molecule has 1 aliphatic rings. The van der Waals surface area contributed by atoms with Gasteiger partial charge in [-0.2, -0.15) is 4.98 Å². The quantitative estimate of drug-likeness (QED) is 0.668. The highest BCUT2D eigenvalue weighted by Gasteiger charge is 2.39. The van der Waals surface area contributed by atoms with E-state index in [4.69, 9.17) is 4.52 Å². The topological polar surface area (TPSA) is 59.2 Å². The molecule has 3 heterocycles. The van der Waals surface area contributed by atoms with Gasteiger partial charge in [-0.3, -0.25) is 4.79 Å². The Balaban J connectivity index is 1.51. The van der Waals surface area contributed by atoms with E-state index in [0.29, 0.717) is 31.2 Å². The number of rotatable bonds is 5. The van der Waals surface area contributed by atoms with Crippen LogP contribution in [0.1, 0.15) is 46.0 Å². The molecule has 3 aromatic rings. The average Bonchev–Trinajstić information content (AvgIpc) is 3.40. The van der Waals surface area contributed by atoms with Crippen LogP contribution in [0.15, 0.2) is 46.3 Å². The van der Waals surface area contributed by atoms with Crippen molar-refractivity contribution in [1.82, 2.24) is 15.0 Å². The first-order chi connectivity index (χ1) is 13.1. The molecule has 2 atom stereocenters. The van der Waals surface area contributed by atoms with Gasteiger partial charge in [0.15, 0.2) is 5.82 Å². The Morgan fingerprint density at radius 1 is 1.19 bits per heavy atom. The molecule has 1 amide bonds. The molecular weight excluding hydrogens is 358 g/mol. The zero-order chi connectivity index (χ0) is 18.8. The fraction of sp³-hybridized carbons (Fsp3) is 0.381. The lowest BCUT2D eigenvalue weighted by atomic mass is 9.89. The number of amides is 1. The molecule has 27 heavy (non-hydrogen) atoms. The molecule has 1 saturated heterocycles. The van der Waals surface area contributed by atoms with Gasteiger partial charge in [0.25, 0.3) is 0 Å². The first-order valence-electron chi connectivity index (χ1n) is 9.27. The minimum absolute atomic E-state index is 0.0426. The van der Waals surface area contributed by atoms with Crippen LogP contribution in [-0.2, 0) is 11.2 Å². The van der Waals surface area contributed by atoms with Gasteiger partial charge in [-0.25, -0.2) is 0 Å². The van der Waals surface area contributed by atoms with Crippen LogP contribution >= 0.6 is 11.3 Å². The molecule has 0 radical (unpaired) electrons. The SMILES string of the molecule is Cc1noc(C2CN(C(=O)CCc3sccc3C)CC2c2ccccc2)n1. The molecule has 5 nitrogen and oxygen atoms in total. The van der Waals surface area contributed by atoms with Crippen LogP contribution in [0.3, 0.4) is 0 Å². The molecule has 2 unspecified atom stereocenters. The number of hydrogen-bond acceptors (Lipinski definition) is 5. The third kappa shape index (κ3) is 3.81. The summed E-state index contributed by atoms with van der Waals surface area (Å²) in [5.74, 6) is 1.68. The molecule has 140 valence electrons. The maximum atomic E-state index is 12.9. The van der Waals surface area contributed by atoms with E-state index in [-0.39, 0.29) is 17.7 Å². The van der Waals surface area contributed by atoms with Crippen molar-refractivity contribution in [3.05, 3.63) is 69.5 Å². The van der Waals surface area contributed by atoms with Crippen molar-refractivity contribution in [3.8, 4) is 0 Å². The number of carbonyl (C=O) groups excluding carboxylic acids is 1. The molecule has 0 aliphatic carbocycles. The molecule has 1 aliphatic heterocycles. The molecular formula is C21H23N3O2S. The van der Waals surface area contributed by atoms with Crippen molar-refractivity contribution in [2.24, 2.45) is 0 Å². The van der Waals surface area contributed by atoms with E-state index in [0.717, 1.165) is 6.42 Å². The summed E-state index contributed by atoms with van der Waals surface area (Å²) in [6.45, 7) is 5.25. The molecule has 4 rings (SSSR count). The van der Waals surface area contributed by atoms with Crippen LogP contribution in [0.4, 0.5) is 0 Å². The minimum atomic E-state index is 0.0426. The monoisotopic (exact) mass is 381 g/mol. The van der Waals surface area contributed by atoms with Crippen LogP contribution in [0, 0.1) is 13.8 Å². The Kier molecular flexibility index (Phi) is 5.07. The third-order valence-corrected chi connectivity index (χ3v) is 6.38. The predicted molar refractivity (Wildman–Crippen MR) is 105 cm³/mol. The van der Waals surface area contributed by atoms with Crippen LogP contribution in [0.2, 0.25) is 0 Å². The van der Waals surface area contributed by atoms with Crippen LogP contribution < -0.4 is 0 Å². The highest BCUT2D eigenvalue weighted by molar-refractivity contribution is 7.10. The summed E-state index contributed by atoms with van der Waals surface area (Å²) in [5.41, 5.74) is 2.48. The van der Waals surface area contributed by atoms with Gasteiger partial charge in [-0.1, -0.05) is 35.5 Å². The van der Waals surface area contributed by atoms with Crippen LogP contribution in [0.25, 0.3) is 0 Å². The molecule has 0 N–H and O–H groups in total. The number of likely N-dealkylation sites (tertiary alicyclic amines) is 1. The summed E-state index contributed by atoms with van der Waals surface area (Å²) in [6, 6.07) is 12.4. The Morgan fingerprint density at radius 3 is 2.63 bits per heavy atom. The van der Waals surface area contributed by atoms with Gasteiger partial charge in [-0.05, 0) is 42.8 Å². The third-order valence-electron chi connectivity index (χ3n) is 5.29. The number of carbonyl (C=O) groups is 1. The number of nitrogens with zero attached hydrogens (tertiary/aromatic N) is 3. The lowest BCUT2D eigenvalue weighted by Gasteiger charge is -2.16. The Bertz CT molecular complexity index is 918. The summed E-state index contributed by atoms with van der Waals surface area (Å²) in [4.78, 5) is 20.6. The molecule has 6 heteroatoms. The van der Waals surface area contributed by atoms with Crippen LogP contribution in [0.5, 0.6) is 0 Å². The normalized spacial score (nSPS) is 19.6. The number of thiophene rings is 1. The van der Waals surface area contributed by atoms with Gasteiger partial charge < -0.3 is 9.42 Å². The summed E-state index contributed by atoms with van der Waals surface area (Å²) < 4.78 is 5.47. The van der Waals surface area contributed by atoms with Crippen molar-refractivity contribution in [1.29, 1.82) is 0 Å². The van der Waals surface area contributed by atoms with E-state index in [9.17, 15) is 4.79 Å². The van der Waals surface area contributed by atoms with Gasteiger partial charge in [0.1, 0.15) is 0 Å². The van der Waals surface area contributed by atoms with Crippen molar-refractivity contribution < 1.29 is 9.32 Å². The van der Waals surface area contributed by atoms with Crippen molar-refractivity contribution in [2.45, 2.75) is 38.5 Å². The van der Waals surface area contributed by atoms with Crippen molar-refractivity contribution in [3.63, 3.8) is 0 Å². The largest absolute Gasteiger partial charge is 0.341 e. The fourth-order valence-electron chi connectivity index (χ4n) is 3.80. The number of aromatic nitrogens is 2. The second-order valence-electron chi connectivity index (χ2n) is 7.13. The smallest absolute Gasteiger partial charge is 0.232 e. The second kappa shape index (κ2) is 7.64. The summed E-state index contributed by atoms with van der Waals surface area (Å²) >= 11 is 1.73. The highest BCUT2D eigenvalue weighted by atomic mass is 32.1. The average molecular weight is 382 g/mol. The summed E-state index contributed by atoms with van der Waals surface area (Å²) in [5, 5.41) is 6.04. The Hall–Kier alpha value is -2.47. The zero-order valence-electron chi connectivity index (χ0n) is 15.6. The van der Waals surface area contributed by atoms with Gasteiger partial charge in [0.2, 0.25) is 11.8 Å². The Labute approximate surface area is 163 Å². The first kappa shape index (κ1) is 17.9. The number of hydrogen-bond donors (Lipinski definition) is 0. The molecule has 1 fully saturated rings. The van der Waals surface area contributed by atoms with Gasteiger partial charge in [-0.15, -0.1) is 11.3 Å². The maximum absolute atomic E-state index is 12.9. The lowest BCUT2D eigenvalue weighted by molar-refractivity contribution is -0.130. The van der Waals surface area contributed by atoms with Gasteiger partial charge in [0, 0.05) is 30.3 Å². The van der Waals surface area contributed by atoms with Gasteiger partial charge >= 0.3 is 0 Å². The predicted octanol–water partition coefficient (Wildman–Crippen LogP) is 4.09. The van der Waals surface area contributed by atoms with E-state index >= 15 is 0 Å². The van der Waals surface area contributed by atoms with Crippen LogP contribution in [-0.4, -0.2) is 34.0 Å². The molecule has 0 spiro atoms. The standard InChI is InChI=1S/C21H23N3O2S/c1-14-10-11-27-19(14)8-9-20(25)24-12-17(16-6-4-3-5-7-16)18(13-24)21-22-15(2)23-26-21/h3-7,10-11,17-18H,8-9,12-13H2,1-2H3. The first-order valence-corrected chi connectivity index (χ1v) is 10.2. The molecule has 1 aromatic carbocycles. The van der Waals surface area contributed by atoms with E-state index < -0.39 is 0 Å². The number of benzene rings is 1. The highest BCUT2D eigenvalue weighted by Crippen LogP contribution is 2.39. The minimum Gasteiger partial charge on any atom is -0.341 e.